The molecule has 2 heterocycles. The van der Waals surface area contributed by atoms with Crippen LogP contribution in [-0.2, 0) is 17.8 Å². The molecule has 0 atom stereocenters. The number of methoxy groups -OCH3 is 1. The van der Waals surface area contributed by atoms with Crippen molar-refractivity contribution < 1.29 is 13.9 Å². The molecule has 0 spiro atoms. The topological polar surface area (TPSA) is 31.4 Å². The van der Waals surface area contributed by atoms with E-state index in [-0.39, 0.29) is 5.82 Å². The maximum Gasteiger partial charge on any atom is 0.148 e. The lowest BCUT2D eigenvalue weighted by molar-refractivity contribution is 0.109. The van der Waals surface area contributed by atoms with Crippen LogP contribution in [0, 0.1) is 5.82 Å². The minimum Gasteiger partial charge on any atom is -0.494 e. The molecule has 0 radical (unpaired) electrons. The lowest BCUT2D eigenvalue weighted by Crippen LogP contribution is -2.13. The van der Waals surface area contributed by atoms with Gasteiger partial charge in [-0.15, -0.1) is 0 Å². The van der Waals surface area contributed by atoms with Gasteiger partial charge in [0.25, 0.3) is 0 Å². The Morgan fingerprint density at radius 3 is 3.06 bits per heavy atom. The van der Waals surface area contributed by atoms with Crippen LogP contribution in [0.15, 0.2) is 12.1 Å². The first kappa shape index (κ1) is 11.7. The molecule has 0 saturated carbocycles. The lowest BCUT2D eigenvalue weighted by Gasteiger charge is -2.19. The first-order valence-corrected chi connectivity index (χ1v) is 6.00. The lowest BCUT2D eigenvalue weighted by atomic mass is 10.1. The number of hydrogen-bond acceptors (Lipinski definition) is 3. The fourth-order valence-electron chi connectivity index (χ4n) is 2.20. The monoisotopic (exact) mass is 267 g/mol. The third kappa shape index (κ3) is 1.72. The molecule has 1 aliphatic rings. The second kappa shape index (κ2) is 4.37. The van der Waals surface area contributed by atoms with Crippen LogP contribution in [0.4, 0.5) is 4.39 Å². The van der Waals surface area contributed by atoms with Gasteiger partial charge in [0.2, 0.25) is 0 Å². The van der Waals surface area contributed by atoms with E-state index in [1.54, 1.807) is 0 Å². The first-order valence-electron chi connectivity index (χ1n) is 5.63. The molecule has 94 valence electrons. The predicted molar refractivity (Wildman–Crippen MR) is 66.6 cm³/mol. The van der Waals surface area contributed by atoms with Crippen LogP contribution in [0.25, 0.3) is 10.9 Å². The number of ether oxygens (including phenoxy) is 2. The smallest absolute Gasteiger partial charge is 0.148 e. The van der Waals surface area contributed by atoms with Crippen LogP contribution < -0.4 is 4.74 Å². The molecular formula is C13H11ClFNO2. The Morgan fingerprint density at radius 2 is 2.28 bits per heavy atom. The molecule has 0 N–H and O–H groups in total. The Labute approximate surface area is 108 Å². The van der Waals surface area contributed by atoms with Gasteiger partial charge in [0.1, 0.15) is 17.1 Å². The van der Waals surface area contributed by atoms with Gasteiger partial charge in [0.05, 0.1) is 31.0 Å². The molecule has 3 nitrogen and oxygen atoms in total. The van der Waals surface area contributed by atoms with Crippen molar-refractivity contribution in [1.29, 1.82) is 0 Å². The summed E-state index contributed by atoms with van der Waals surface area (Å²) in [5, 5.41) is 1.07. The van der Waals surface area contributed by atoms with E-state index in [1.807, 2.05) is 0 Å². The third-order valence-corrected chi connectivity index (χ3v) is 3.52. The minimum absolute atomic E-state index is 0.389. The van der Waals surface area contributed by atoms with Gasteiger partial charge >= 0.3 is 0 Å². The molecule has 0 amide bonds. The van der Waals surface area contributed by atoms with Crippen molar-refractivity contribution in [2.45, 2.75) is 13.0 Å². The summed E-state index contributed by atoms with van der Waals surface area (Å²) in [5.41, 5.74) is 2.36. The standard InChI is InChI=1S/C13H11ClFNO2/c1-17-11-5-7(15)4-8-12(14)9-6-18-3-2-10(9)16-13(8)11/h4-5H,2-3,6H2,1H3. The summed E-state index contributed by atoms with van der Waals surface area (Å²) in [5.74, 6) is 0.0147. The van der Waals surface area contributed by atoms with E-state index in [4.69, 9.17) is 21.1 Å². The van der Waals surface area contributed by atoms with Crippen molar-refractivity contribution in [1.82, 2.24) is 4.98 Å². The zero-order chi connectivity index (χ0) is 12.7. The summed E-state index contributed by atoms with van der Waals surface area (Å²) in [6.07, 6.45) is 0.714. The Bertz CT molecular complexity index is 630. The Kier molecular flexibility index (Phi) is 2.84. The molecule has 18 heavy (non-hydrogen) atoms. The second-order valence-corrected chi connectivity index (χ2v) is 4.54. The molecule has 0 saturated heterocycles. The summed E-state index contributed by atoms with van der Waals surface area (Å²) in [6, 6.07) is 2.69. The number of hydrogen-bond donors (Lipinski definition) is 0. The van der Waals surface area contributed by atoms with E-state index in [9.17, 15) is 4.39 Å². The number of benzene rings is 1. The molecule has 0 unspecified atom stereocenters. The first-order chi connectivity index (χ1) is 8.70. The fourth-order valence-corrected chi connectivity index (χ4v) is 2.51. The van der Waals surface area contributed by atoms with E-state index in [0.29, 0.717) is 41.3 Å². The van der Waals surface area contributed by atoms with Gasteiger partial charge in [-0.25, -0.2) is 9.37 Å². The van der Waals surface area contributed by atoms with Crippen molar-refractivity contribution in [2.24, 2.45) is 0 Å². The molecular weight excluding hydrogens is 257 g/mol. The number of aromatic nitrogens is 1. The van der Waals surface area contributed by atoms with E-state index >= 15 is 0 Å². The van der Waals surface area contributed by atoms with Crippen LogP contribution in [0.5, 0.6) is 5.75 Å². The number of halogens is 2. The maximum atomic E-state index is 13.5. The van der Waals surface area contributed by atoms with Gasteiger partial charge in [-0.05, 0) is 6.07 Å². The maximum absolute atomic E-state index is 13.5. The second-order valence-electron chi connectivity index (χ2n) is 4.16. The fraction of sp³-hybridized carbons (Fsp3) is 0.308. The Balaban J connectivity index is 2.37. The van der Waals surface area contributed by atoms with E-state index in [0.717, 1.165) is 11.3 Å². The molecule has 2 aromatic rings. The van der Waals surface area contributed by atoms with E-state index in [2.05, 4.69) is 4.98 Å². The number of pyridine rings is 1. The van der Waals surface area contributed by atoms with Gasteiger partial charge in [-0.3, -0.25) is 0 Å². The predicted octanol–water partition coefficient (Wildman–Crippen LogP) is 3.11. The summed E-state index contributed by atoms with van der Waals surface area (Å²) < 4.78 is 24.0. The zero-order valence-electron chi connectivity index (χ0n) is 9.80. The highest BCUT2D eigenvalue weighted by Crippen LogP contribution is 2.35. The number of nitrogens with zero attached hydrogens (tertiary/aromatic N) is 1. The zero-order valence-corrected chi connectivity index (χ0v) is 10.6. The third-order valence-electron chi connectivity index (χ3n) is 3.09. The van der Waals surface area contributed by atoms with Crippen molar-refractivity contribution in [3.8, 4) is 5.75 Å². The van der Waals surface area contributed by atoms with Gasteiger partial charge < -0.3 is 9.47 Å². The van der Waals surface area contributed by atoms with Crippen molar-refractivity contribution in [3.63, 3.8) is 0 Å². The summed E-state index contributed by atoms with van der Waals surface area (Å²) >= 11 is 6.32. The van der Waals surface area contributed by atoms with Crippen molar-refractivity contribution in [2.75, 3.05) is 13.7 Å². The Morgan fingerprint density at radius 1 is 1.44 bits per heavy atom. The largest absolute Gasteiger partial charge is 0.494 e. The molecule has 5 heteroatoms. The highest BCUT2D eigenvalue weighted by atomic mass is 35.5. The molecule has 0 bridgehead atoms. The molecule has 1 aliphatic heterocycles. The van der Waals surface area contributed by atoms with E-state index < -0.39 is 0 Å². The molecule has 3 rings (SSSR count). The van der Waals surface area contributed by atoms with Crippen LogP contribution in [0.2, 0.25) is 5.02 Å². The Hall–Kier alpha value is -1.39. The molecule has 0 aliphatic carbocycles. The van der Waals surface area contributed by atoms with Crippen LogP contribution >= 0.6 is 11.6 Å². The molecule has 0 fully saturated rings. The number of rotatable bonds is 1. The summed E-state index contributed by atoms with van der Waals surface area (Å²) in [7, 11) is 1.49. The summed E-state index contributed by atoms with van der Waals surface area (Å²) in [4.78, 5) is 4.53. The number of fused-ring (bicyclic) bond motifs is 2. The molecule has 1 aromatic carbocycles. The van der Waals surface area contributed by atoms with Crippen LogP contribution in [0.3, 0.4) is 0 Å². The average molecular weight is 268 g/mol. The highest BCUT2D eigenvalue weighted by molar-refractivity contribution is 6.36. The van der Waals surface area contributed by atoms with Gasteiger partial charge in [0.15, 0.2) is 0 Å². The summed E-state index contributed by atoms with van der Waals surface area (Å²) in [6.45, 7) is 1.06. The van der Waals surface area contributed by atoms with Crippen molar-refractivity contribution >= 4 is 22.5 Å². The van der Waals surface area contributed by atoms with Crippen LogP contribution in [0.1, 0.15) is 11.3 Å². The SMILES string of the molecule is COc1cc(F)cc2c(Cl)c3c(nc12)CCOC3. The van der Waals surface area contributed by atoms with E-state index in [1.165, 1.54) is 19.2 Å². The quantitative estimate of drug-likeness (QED) is 0.796. The highest BCUT2D eigenvalue weighted by Gasteiger charge is 2.19. The average Bonchev–Trinajstić information content (AvgIpc) is 2.39. The molecule has 1 aromatic heterocycles. The van der Waals surface area contributed by atoms with Crippen LogP contribution in [-0.4, -0.2) is 18.7 Å². The minimum atomic E-state index is -0.389. The normalized spacial score (nSPS) is 14.6. The van der Waals surface area contributed by atoms with Gasteiger partial charge in [0, 0.05) is 23.4 Å². The van der Waals surface area contributed by atoms with Gasteiger partial charge in [-0.2, -0.15) is 0 Å². The van der Waals surface area contributed by atoms with Crippen molar-refractivity contribution in [3.05, 3.63) is 34.2 Å². The van der Waals surface area contributed by atoms with Gasteiger partial charge in [-0.1, -0.05) is 11.6 Å².